The lowest BCUT2D eigenvalue weighted by Crippen LogP contribution is -2.33. The monoisotopic (exact) mass is 292 g/mol. The van der Waals surface area contributed by atoms with Crippen LogP contribution in [-0.4, -0.2) is 25.8 Å². The number of hydrogen-bond acceptors (Lipinski definition) is 4. The second kappa shape index (κ2) is 5.58. The summed E-state index contributed by atoms with van der Waals surface area (Å²) >= 11 is 0. The molecular weight excluding hydrogens is 268 g/mol. The number of rotatable bonds is 3. The van der Waals surface area contributed by atoms with Crippen molar-refractivity contribution in [3.63, 3.8) is 0 Å². The van der Waals surface area contributed by atoms with Gasteiger partial charge in [-0.1, -0.05) is 26.8 Å². The molecule has 0 saturated carbocycles. The molecule has 0 atom stereocenters. The quantitative estimate of drug-likeness (QED) is 0.802. The Hall–Kier alpha value is -1.71. The molecule has 0 radical (unpaired) electrons. The fourth-order valence-electron chi connectivity index (χ4n) is 2.01. The van der Waals surface area contributed by atoms with Gasteiger partial charge in [0.1, 0.15) is 13.2 Å². The minimum Gasteiger partial charge on any atom is -0.486 e. The third kappa shape index (κ3) is 3.69. The first-order valence-corrected chi connectivity index (χ1v) is 7.27. The maximum Gasteiger partial charge on any atom is 0.316 e. The molecule has 0 amide bonds. The van der Waals surface area contributed by atoms with Gasteiger partial charge in [0.05, 0.1) is 12.0 Å². The maximum absolute atomic E-state index is 12.4. The van der Waals surface area contributed by atoms with E-state index in [0.717, 1.165) is 11.3 Å². The van der Waals surface area contributed by atoms with Crippen molar-refractivity contribution in [2.75, 3.05) is 19.8 Å². The molecule has 4 nitrogen and oxygen atoms in total. The fraction of sp³-hybridized carbons (Fsp3) is 0.588. The number of fused-ring (bicyclic) bond motifs is 1. The molecule has 0 spiro atoms. The first kappa shape index (κ1) is 15.7. The summed E-state index contributed by atoms with van der Waals surface area (Å²) in [5.41, 5.74) is 0.102. The Morgan fingerprint density at radius 2 is 1.71 bits per heavy atom. The number of ether oxygens (including phenoxy) is 3. The molecule has 0 unspecified atom stereocenters. The zero-order chi connectivity index (χ0) is 15.7. The zero-order valence-electron chi connectivity index (χ0n) is 13.5. The molecule has 4 heteroatoms. The lowest BCUT2D eigenvalue weighted by molar-refractivity contribution is -0.152. The summed E-state index contributed by atoms with van der Waals surface area (Å²) in [5.74, 6) is 1.19. The summed E-state index contributed by atoms with van der Waals surface area (Å²) in [4.78, 5) is 12.4. The Morgan fingerprint density at radius 1 is 1.10 bits per heavy atom. The second-order valence-corrected chi connectivity index (χ2v) is 7.12. The Kier molecular flexibility index (Phi) is 4.17. The highest BCUT2D eigenvalue weighted by atomic mass is 16.6. The van der Waals surface area contributed by atoms with Crippen LogP contribution < -0.4 is 9.47 Å². The molecule has 0 aromatic heterocycles. The van der Waals surface area contributed by atoms with E-state index in [2.05, 4.69) is 0 Å². The van der Waals surface area contributed by atoms with Gasteiger partial charge in [0, 0.05) is 0 Å². The SMILES string of the molecule is CC(C)(C)COC(=O)C(C)(C)c1ccc2c(c1)OCCO2. The lowest BCUT2D eigenvalue weighted by Gasteiger charge is -2.27. The molecule has 21 heavy (non-hydrogen) atoms. The second-order valence-electron chi connectivity index (χ2n) is 7.12. The van der Waals surface area contributed by atoms with E-state index in [1.54, 1.807) is 0 Å². The van der Waals surface area contributed by atoms with Crippen molar-refractivity contribution in [2.24, 2.45) is 5.41 Å². The molecule has 116 valence electrons. The van der Waals surface area contributed by atoms with E-state index in [9.17, 15) is 4.79 Å². The highest BCUT2D eigenvalue weighted by Crippen LogP contribution is 2.35. The van der Waals surface area contributed by atoms with E-state index in [4.69, 9.17) is 14.2 Å². The average Bonchev–Trinajstić information content (AvgIpc) is 2.43. The summed E-state index contributed by atoms with van der Waals surface area (Å²) in [7, 11) is 0. The third-order valence-electron chi connectivity index (χ3n) is 3.41. The average molecular weight is 292 g/mol. The minimum absolute atomic E-state index is 0.0431. The fourth-order valence-corrected chi connectivity index (χ4v) is 2.01. The molecule has 0 bridgehead atoms. The summed E-state index contributed by atoms with van der Waals surface area (Å²) in [6.07, 6.45) is 0. The molecule has 1 heterocycles. The van der Waals surface area contributed by atoms with Crippen molar-refractivity contribution in [1.29, 1.82) is 0 Å². The third-order valence-corrected chi connectivity index (χ3v) is 3.41. The van der Waals surface area contributed by atoms with Gasteiger partial charge >= 0.3 is 5.97 Å². The van der Waals surface area contributed by atoms with Gasteiger partial charge in [0.2, 0.25) is 0 Å². The summed E-state index contributed by atoms with van der Waals surface area (Å²) in [6.45, 7) is 11.3. The summed E-state index contributed by atoms with van der Waals surface area (Å²) in [5, 5.41) is 0. The van der Waals surface area contributed by atoms with Crippen LogP contribution >= 0.6 is 0 Å². The molecule has 0 saturated heterocycles. The molecule has 0 aliphatic carbocycles. The summed E-state index contributed by atoms with van der Waals surface area (Å²) < 4.78 is 16.5. The van der Waals surface area contributed by atoms with Gasteiger partial charge in [-0.25, -0.2) is 0 Å². The van der Waals surface area contributed by atoms with Crippen molar-refractivity contribution in [3.8, 4) is 11.5 Å². The van der Waals surface area contributed by atoms with Crippen LogP contribution in [0, 0.1) is 5.41 Å². The standard InChI is InChI=1S/C17H24O4/c1-16(2,3)11-21-15(18)17(4,5)12-6-7-13-14(10-12)20-9-8-19-13/h6-7,10H,8-9,11H2,1-5H3. The molecular formula is C17H24O4. The maximum atomic E-state index is 12.4. The predicted octanol–water partition coefficient (Wildman–Crippen LogP) is 3.32. The van der Waals surface area contributed by atoms with Crippen LogP contribution in [0.3, 0.4) is 0 Å². The van der Waals surface area contributed by atoms with Crippen molar-refractivity contribution in [1.82, 2.24) is 0 Å². The highest BCUT2D eigenvalue weighted by molar-refractivity contribution is 5.82. The van der Waals surface area contributed by atoms with Crippen LogP contribution in [0.2, 0.25) is 0 Å². The van der Waals surface area contributed by atoms with E-state index >= 15 is 0 Å². The molecule has 0 fully saturated rings. The Morgan fingerprint density at radius 3 is 2.33 bits per heavy atom. The summed E-state index contributed by atoms with van der Waals surface area (Å²) in [6, 6.07) is 5.61. The molecule has 1 aromatic carbocycles. The molecule has 1 aliphatic rings. The Labute approximate surface area is 126 Å². The molecule has 0 N–H and O–H groups in total. The molecule has 1 aliphatic heterocycles. The van der Waals surface area contributed by atoms with Crippen molar-refractivity contribution < 1.29 is 19.0 Å². The van der Waals surface area contributed by atoms with Gasteiger partial charge in [-0.2, -0.15) is 0 Å². The van der Waals surface area contributed by atoms with Gasteiger partial charge in [0.25, 0.3) is 0 Å². The van der Waals surface area contributed by atoms with Gasteiger partial charge < -0.3 is 14.2 Å². The zero-order valence-corrected chi connectivity index (χ0v) is 13.5. The van der Waals surface area contributed by atoms with Gasteiger partial charge in [-0.05, 0) is 37.0 Å². The van der Waals surface area contributed by atoms with Gasteiger partial charge in [-0.15, -0.1) is 0 Å². The van der Waals surface area contributed by atoms with E-state index in [-0.39, 0.29) is 11.4 Å². The van der Waals surface area contributed by atoms with Gasteiger partial charge in [-0.3, -0.25) is 4.79 Å². The normalized spacial score (nSPS) is 14.7. The Bertz CT molecular complexity index is 526. The Balaban J connectivity index is 2.16. The molecule has 1 aromatic rings. The number of hydrogen-bond donors (Lipinski definition) is 0. The number of carbonyl (C=O) groups excluding carboxylic acids is 1. The van der Waals surface area contributed by atoms with E-state index in [0.29, 0.717) is 25.6 Å². The van der Waals surface area contributed by atoms with Crippen molar-refractivity contribution in [3.05, 3.63) is 23.8 Å². The smallest absolute Gasteiger partial charge is 0.316 e. The van der Waals surface area contributed by atoms with Crippen LogP contribution in [0.5, 0.6) is 11.5 Å². The topological polar surface area (TPSA) is 44.8 Å². The van der Waals surface area contributed by atoms with Gasteiger partial charge in [0.15, 0.2) is 11.5 Å². The number of benzene rings is 1. The van der Waals surface area contributed by atoms with E-state index < -0.39 is 5.41 Å². The number of carbonyl (C=O) groups is 1. The van der Waals surface area contributed by atoms with E-state index in [1.807, 2.05) is 52.8 Å². The predicted molar refractivity (Wildman–Crippen MR) is 80.9 cm³/mol. The van der Waals surface area contributed by atoms with Crippen LogP contribution in [0.4, 0.5) is 0 Å². The van der Waals surface area contributed by atoms with E-state index in [1.165, 1.54) is 0 Å². The van der Waals surface area contributed by atoms with Crippen molar-refractivity contribution >= 4 is 5.97 Å². The first-order valence-electron chi connectivity index (χ1n) is 7.27. The van der Waals surface area contributed by atoms with Crippen LogP contribution in [-0.2, 0) is 14.9 Å². The number of esters is 1. The van der Waals surface area contributed by atoms with Crippen LogP contribution in [0.15, 0.2) is 18.2 Å². The van der Waals surface area contributed by atoms with Crippen LogP contribution in [0.1, 0.15) is 40.2 Å². The van der Waals surface area contributed by atoms with Crippen molar-refractivity contribution in [2.45, 2.75) is 40.0 Å². The molecule has 2 rings (SSSR count). The lowest BCUT2D eigenvalue weighted by atomic mass is 9.84. The minimum atomic E-state index is -0.721. The largest absolute Gasteiger partial charge is 0.486 e. The van der Waals surface area contributed by atoms with Crippen LogP contribution in [0.25, 0.3) is 0 Å². The first-order chi connectivity index (χ1) is 9.70. The highest BCUT2D eigenvalue weighted by Gasteiger charge is 2.33.